The van der Waals surface area contributed by atoms with Crippen LogP contribution in [0.3, 0.4) is 0 Å². The van der Waals surface area contributed by atoms with Crippen molar-refractivity contribution in [1.29, 1.82) is 5.26 Å². The molecule has 0 aliphatic carbocycles. The molecule has 2 aromatic rings. The first-order valence-electron chi connectivity index (χ1n) is 7.97. The van der Waals surface area contributed by atoms with Crippen LogP contribution in [0.1, 0.15) is 51.5 Å². The van der Waals surface area contributed by atoms with Crippen LogP contribution in [0.4, 0.5) is 5.69 Å². The van der Waals surface area contributed by atoms with E-state index in [1.165, 1.54) is 13.8 Å². The van der Waals surface area contributed by atoms with Crippen molar-refractivity contribution in [1.82, 2.24) is 4.98 Å². The minimum Gasteiger partial charge on any atom is -0.448 e. The second kappa shape index (κ2) is 7.66. The first-order valence-corrected chi connectivity index (χ1v) is 7.97. The molecule has 1 amide bonds. The number of nitrogens with one attached hydrogen (secondary N) is 2. The number of nitriles is 1. The van der Waals surface area contributed by atoms with E-state index in [1.807, 2.05) is 6.07 Å². The highest BCUT2D eigenvalue weighted by molar-refractivity contribution is 6.02. The molecule has 0 fully saturated rings. The molecule has 2 N–H and O–H groups in total. The molecular formula is C19H19N3O4. The SMILES string of the molecule is CC(=O)c1c(C)[nH]c(C(=O)O[C@@H](C)C(=O)Nc2ccccc2C#N)c1C. The van der Waals surface area contributed by atoms with Crippen LogP contribution >= 0.6 is 0 Å². The Hall–Kier alpha value is -3.40. The van der Waals surface area contributed by atoms with E-state index in [4.69, 9.17) is 10.00 Å². The van der Waals surface area contributed by atoms with Gasteiger partial charge < -0.3 is 15.0 Å². The standard InChI is InChI=1S/C19H19N3O4/c1-10-16(12(3)23)11(2)21-17(10)19(25)26-13(4)18(24)22-15-8-6-5-7-14(15)9-20/h5-8,13,21H,1-4H3,(H,22,24)/t13-/m0/s1. The fourth-order valence-electron chi connectivity index (χ4n) is 2.68. The van der Waals surface area contributed by atoms with Gasteiger partial charge in [-0.3, -0.25) is 9.59 Å². The molecule has 1 aromatic heterocycles. The summed E-state index contributed by atoms with van der Waals surface area (Å²) in [6.07, 6.45) is -1.09. The van der Waals surface area contributed by atoms with Crippen LogP contribution in [-0.4, -0.2) is 28.7 Å². The van der Waals surface area contributed by atoms with Gasteiger partial charge in [-0.1, -0.05) is 12.1 Å². The molecule has 1 atom stereocenters. The highest BCUT2D eigenvalue weighted by Crippen LogP contribution is 2.20. The summed E-state index contributed by atoms with van der Waals surface area (Å²) in [6.45, 7) is 6.18. The monoisotopic (exact) mass is 353 g/mol. The normalized spacial score (nSPS) is 11.3. The summed E-state index contributed by atoms with van der Waals surface area (Å²) in [7, 11) is 0. The second-order valence-electron chi connectivity index (χ2n) is 5.88. The fraction of sp³-hybridized carbons (Fsp3) is 0.263. The van der Waals surface area contributed by atoms with E-state index in [1.54, 1.807) is 38.1 Å². The Morgan fingerprint density at radius 1 is 1.23 bits per heavy atom. The molecule has 1 heterocycles. The molecule has 1 aromatic carbocycles. The maximum Gasteiger partial charge on any atom is 0.355 e. The van der Waals surface area contributed by atoms with E-state index < -0.39 is 18.0 Å². The van der Waals surface area contributed by atoms with Crippen LogP contribution in [0.15, 0.2) is 24.3 Å². The smallest absolute Gasteiger partial charge is 0.355 e. The van der Waals surface area contributed by atoms with Crippen LogP contribution in [0.2, 0.25) is 0 Å². The maximum absolute atomic E-state index is 12.3. The fourth-order valence-corrected chi connectivity index (χ4v) is 2.68. The Morgan fingerprint density at radius 2 is 1.88 bits per heavy atom. The number of benzene rings is 1. The quantitative estimate of drug-likeness (QED) is 0.634. The number of nitrogens with zero attached hydrogens (tertiary/aromatic N) is 1. The number of rotatable bonds is 5. The first-order chi connectivity index (χ1) is 12.3. The number of carbonyl (C=O) groups excluding carboxylic acids is 3. The summed E-state index contributed by atoms with van der Waals surface area (Å²) in [4.78, 5) is 39.1. The van der Waals surface area contributed by atoms with E-state index in [0.29, 0.717) is 28.1 Å². The van der Waals surface area contributed by atoms with Gasteiger partial charge in [-0.25, -0.2) is 4.79 Å². The van der Waals surface area contributed by atoms with Crippen LogP contribution in [-0.2, 0) is 9.53 Å². The molecule has 0 spiro atoms. The number of anilines is 1. The number of esters is 1. The average Bonchev–Trinajstić information content (AvgIpc) is 2.89. The zero-order valence-electron chi connectivity index (χ0n) is 15.0. The van der Waals surface area contributed by atoms with Crippen molar-refractivity contribution in [3.8, 4) is 6.07 Å². The van der Waals surface area contributed by atoms with E-state index in [2.05, 4.69) is 10.3 Å². The molecule has 0 saturated heterocycles. The molecular weight excluding hydrogens is 334 g/mol. The summed E-state index contributed by atoms with van der Waals surface area (Å²) >= 11 is 0. The number of H-pyrrole nitrogens is 1. The summed E-state index contributed by atoms with van der Waals surface area (Å²) in [6, 6.07) is 8.49. The van der Waals surface area contributed by atoms with Crippen LogP contribution < -0.4 is 5.32 Å². The molecule has 0 radical (unpaired) electrons. The maximum atomic E-state index is 12.3. The molecule has 134 valence electrons. The van der Waals surface area contributed by atoms with Crippen molar-refractivity contribution in [2.75, 3.05) is 5.32 Å². The summed E-state index contributed by atoms with van der Waals surface area (Å²) < 4.78 is 5.20. The van der Waals surface area contributed by atoms with Crippen LogP contribution in [0.25, 0.3) is 0 Å². The lowest BCUT2D eigenvalue weighted by atomic mass is 10.1. The Kier molecular flexibility index (Phi) is 5.58. The lowest BCUT2D eigenvalue weighted by molar-refractivity contribution is -0.123. The Bertz CT molecular complexity index is 921. The van der Waals surface area contributed by atoms with Crippen molar-refractivity contribution < 1.29 is 19.1 Å². The number of aromatic amines is 1. The molecule has 7 nitrogen and oxygen atoms in total. The van der Waals surface area contributed by atoms with Crippen LogP contribution in [0, 0.1) is 25.2 Å². The molecule has 2 rings (SSSR count). The van der Waals surface area contributed by atoms with Gasteiger partial charge in [0.25, 0.3) is 5.91 Å². The number of amides is 1. The third kappa shape index (κ3) is 3.81. The summed E-state index contributed by atoms with van der Waals surface area (Å²) in [5, 5.41) is 11.6. The zero-order chi connectivity index (χ0) is 19.4. The third-order valence-corrected chi connectivity index (χ3v) is 3.95. The Balaban J connectivity index is 2.12. The Labute approximate surface area is 151 Å². The van der Waals surface area contributed by atoms with Gasteiger partial charge in [0.2, 0.25) is 0 Å². The molecule has 0 bridgehead atoms. The minimum atomic E-state index is -1.09. The number of aromatic nitrogens is 1. The number of para-hydroxylation sites is 1. The third-order valence-electron chi connectivity index (χ3n) is 3.95. The first kappa shape index (κ1) is 18.9. The predicted molar refractivity (Wildman–Crippen MR) is 94.9 cm³/mol. The lowest BCUT2D eigenvalue weighted by Crippen LogP contribution is -2.30. The van der Waals surface area contributed by atoms with Crippen LogP contribution in [0.5, 0.6) is 0 Å². The molecule has 26 heavy (non-hydrogen) atoms. The second-order valence-corrected chi connectivity index (χ2v) is 5.88. The van der Waals surface area contributed by atoms with Crippen molar-refractivity contribution in [3.05, 3.63) is 52.3 Å². The number of Topliss-reactive ketones (excluding diaryl/α,β-unsaturated/α-hetero) is 1. The molecule has 0 unspecified atom stereocenters. The van der Waals surface area contributed by atoms with E-state index >= 15 is 0 Å². The molecule has 7 heteroatoms. The van der Waals surface area contributed by atoms with Gasteiger partial charge in [-0.15, -0.1) is 0 Å². The van der Waals surface area contributed by atoms with Gasteiger partial charge in [-0.2, -0.15) is 5.26 Å². The van der Waals surface area contributed by atoms with Gasteiger partial charge in [0.15, 0.2) is 11.9 Å². The number of aryl methyl sites for hydroxylation is 1. The number of hydrogen-bond acceptors (Lipinski definition) is 5. The van der Waals surface area contributed by atoms with E-state index in [9.17, 15) is 14.4 Å². The van der Waals surface area contributed by atoms with Crippen molar-refractivity contribution in [2.45, 2.75) is 33.8 Å². The number of ether oxygens (including phenoxy) is 1. The number of ketones is 1. The van der Waals surface area contributed by atoms with E-state index in [0.717, 1.165) is 0 Å². The van der Waals surface area contributed by atoms with Gasteiger partial charge in [0, 0.05) is 11.3 Å². The predicted octanol–water partition coefficient (Wildman–Crippen LogP) is 2.89. The van der Waals surface area contributed by atoms with Gasteiger partial charge >= 0.3 is 5.97 Å². The van der Waals surface area contributed by atoms with Crippen molar-refractivity contribution in [3.63, 3.8) is 0 Å². The van der Waals surface area contributed by atoms with Gasteiger partial charge in [0.1, 0.15) is 11.8 Å². The lowest BCUT2D eigenvalue weighted by Gasteiger charge is -2.14. The minimum absolute atomic E-state index is 0.143. The molecule has 0 saturated carbocycles. The summed E-state index contributed by atoms with van der Waals surface area (Å²) in [5.74, 6) is -1.45. The average molecular weight is 353 g/mol. The van der Waals surface area contributed by atoms with Crippen molar-refractivity contribution in [2.24, 2.45) is 0 Å². The highest BCUT2D eigenvalue weighted by atomic mass is 16.5. The molecule has 0 aliphatic rings. The van der Waals surface area contributed by atoms with E-state index in [-0.39, 0.29) is 11.5 Å². The van der Waals surface area contributed by atoms with Gasteiger partial charge in [0.05, 0.1) is 11.3 Å². The largest absolute Gasteiger partial charge is 0.448 e. The Morgan fingerprint density at radius 3 is 2.46 bits per heavy atom. The molecule has 0 aliphatic heterocycles. The number of hydrogen-bond donors (Lipinski definition) is 2. The topological polar surface area (TPSA) is 112 Å². The van der Waals surface area contributed by atoms with Crippen molar-refractivity contribution >= 4 is 23.3 Å². The summed E-state index contributed by atoms with van der Waals surface area (Å²) in [5.41, 5.74) is 2.29. The highest BCUT2D eigenvalue weighted by Gasteiger charge is 2.25. The van der Waals surface area contributed by atoms with Gasteiger partial charge in [-0.05, 0) is 45.4 Å². The zero-order valence-corrected chi connectivity index (χ0v) is 15.0. The number of carbonyl (C=O) groups is 3.